The van der Waals surface area contributed by atoms with Gasteiger partial charge in [-0.25, -0.2) is 4.39 Å². The maximum Gasteiger partial charge on any atom is 0.226 e. The van der Waals surface area contributed by atoms with E-state index >= 15 is 0 Å². The van der Waals surface area contributed by atoms with Crippen LogP contribution in [-0.4, -0.2) is 42.9 Å². The summed E-state index contributed by atoms with van der Waals surface area (Å²) in [6.45, 7) is 2.59. The predicted molar refractivity (Wildman–Crippen MR) is 70.6 cm³/mol. The van der Waals surface area contributed by atoms with Crippen LogP contribution in [0.25, 0.3) is 0 Å². The molecule has 20 heavy (non-hydrogen) atoms. The lowest BCUT2D eigenvalue weighted by Crippen LogP contribution is -2.47. The number of rotatable bonds is 2. The molecular weight excluding hydrogens is 261 g/mol. The molecule has 0 atom stereocenters. The zero-order valence-electron chi connectivity index (χ0n) is 11.3. The highest BCUT2D eigenvalue weighted by Crippen LogP contribution is 2.31. The first-order valence-electron chi connectivity index (χ1n) is 6.97. The van der Waals surface area contributed by atoms with E-state index in [0.717, 1.165) is 18.4 Å². The van der Waals surface area contributed by atoms with Crippen LogP contribution in [0.3, 0.4) is 0 Å². The minimum absolute atomic E-state index is 0.0736. The third kappa shape index (κ3) is 2.83. The van der Waals surface area contributed by atoms with Crippen LogP contribution in [0.5, 0.6) is 0 Å². The third-order valence-corrected chi connectivity index (χ3v) is 3.96. The number of nitrogens with zero attached hydrogens (tertiary/aromatic N) is 1. The van der Waals surface area contributed by atoms with Gasteiger partial charge in [0.05, 0.1) is 19.6 Å². The summed E-state index contributed by atoms with van der Waals surface area (Å²) in [5.74, 6) is -0.659. The first-order valence-corrected chi connectivity index (χ1v) is 6.97. The first kappa shape index (κ1) is 13.5. The van der Waals surface area contributed by atoms with Gasteiger partial charge in [-0.15, -0.1) is 0 Å². The van der Waals surface area contributed by atoms with Crippen molar-refractivity contribution in [1.82, 2.24) is 4.90 Å². The van der Waals surface area contributed by atoms with E-state index in [1.807, 2.05) is 4.90 Å². The number of likely N-dealkylation sites (tertiary alicyclic amines) is 1. The molecule has 0 radical (unpaired) electrons. The molecule has 2 fully saturated rings. The Hall–Kier alpha value is -1.46. The van der Waals surface area contributed by atoms with Crippen molar-refractivity contribution in [3.05, 3.63) is 35.6 Å². The lowest BCUT2D eigenvalue weighted by atomic mass is 10.0. The average molecular weight is 279 g/mol. The van der Waals surface area contributed by atoms with Crippen LogP contribution in [0.2, 0.25) is 0 Å². The number of hydrogen-bond acceptors (Lipinski definition) is 3. The van der Waals surface area contributed by atoms with Crippen molar-refractivity contribution < 1.29 is 18.7 Å². The summed E-state index contributed by atoms with van der Waals surface area (Å²) < 4.78 is 24.1. The van der Waals surface area contributed by atoms with Crippen LogP contribution < -0.4 is 0 Å². The molecule has 1 spiro atoms. The first-order chi connectivity index (χ1) is 9.67. The van der Waals surface area contributed by atoms with Crippen molar-refractivity contribution in [3.8, 4) is 0 Å². The zero-order valence-corrected chi connectivity index (χ0v) is 11.3. The largest absolute Gasteiger partial charge is 0.347 e. The second-order valence-corrected chi connectivity index (χ2v) is 5.29. The molecule has 0 bridgehead atoms. The average Bonchev–Trinajstić information content (AvgIpc) is 2.90. The summed E-state index contributed by atoms with van der Waals surface area (Å²) in [7, 11) is 0. The van der Waals surface area contributed by atoms with Gasteiger partial charge in [-0.3, -0.25) is 4.79 Å². The molecule has 108 valence electrons. The number of halogens is 1. The topological polar surface area (TPSA) is 38.8 Å². The molecule has 0 saturated carbocycles. The van der Waals surface area contributed by atoms with Crippen LogP contribution in [0.1, 0.15) is 18.4 Å². The van der Waals surface area contributed by atoms with Crippen LogP contribution in [-0.2, 0) is 20.7 Å². The molecule has 3 rings (SSSR count). The Morgan fingerprint density at radius 2 is 1.75 bits per heavy atom. The molecule has 0 N–H and O–H groups in total. The minimum Gasteiger partial charge on any atom is -0.347 e. The van der Waals surface area contributed by atoms with Gasteiger partial charge >= 0.3 is 0 Å². The predicted octanol–water partition coefficient (Wildman–Crippen LogP) is 1.73. The van der Waals surface area contributed by atoms with E-state index in [1.165, 1.54) is 12.1 Å². The van der Waals surface area contributed by atoms with Crippen LogP contribution >= 0.6 is 0 Å². The maximum absolute atomic E-state index is 12.8. The van der Waals surface area contributed by atoms with E-state index in [4.69, 9.17) is 9.47 Å². The van der Waals surface area contributed by atoms with Gasteiger partial charge in [0.15, 0.2) is 5.79 Å². The van der Waals surface area contributed by atoms with E-state index in [2.05, 4.69) is 0 Å². The number of carbonyl (C=O) groups is 1. The molecule has 2 aliphatic heterocycles. The molecule has 5 heteroatoms. The Labute approximate surface area is 117 Å². The number of hydrogen-bond donors (Lipinski definition) is 0. The van der Waals surface area contributed by atoms with Crippen LogP contribution in [0.4, 0.5) is 4.39 Å². The number of ether oxygens (including phenoxy) is 2. The number of carbonyl (C=O) groups excluding carboxylic acids is 1. The van der Waals surface area contributed by atoms with Crippen molar-refractivity contribution in [2.45, 2.75) is 25.0 Å². The molecule has 2 heterocycles. The SMILES string of the molecule is O=C(Cc1ccc(F)cc1)N1CCC2(CC1)OCCO2. The van der Waals surface area contributed by atoms with Gasteiger partial charge in [0.25, 0.3) is 0 Å². The van der Waals surface area contributed by atoms with Gasteiger partial charge < -0.3 is 14.4 Å². The Morgan fingerprint density at radius 3 is 2.35 bits per heavy atom. The highest BCUT2D eigenvalue weighted by atomic mass is 19.1. The second-order valence-electron chi connectivity index (χ2n) is 5.29. The molecule has 1 aromatic rings. The normalized spacial score (nSPS) is 21.4. The summed E-state index contributed by atoms with van der Waals surface area (Å²) in [6.07, 6.45) is 1.76. The molecule has 4 nitrogen and oxygen atoms in total. The van der Waals surface area contributed by atoms with Gasteiger partial charge in [-0.1, -0.05) is 12.1 Å². The van der Waals surface area contributed by atoms with E-state index in [1.54, 1.807) is 12.1 Å². The molecule has 1 aromatic carbocycles. The van der Waals surface area contributed by atoms with E-state index in [9.17, 15) is 9.18 Å². The molecule has 0 aliphatic carbocycles. The molecule has 0 unspecified atom stereocenters. The van der Waals surface area contributed by atoms with Crippen molar-refractivity contribution >= 4 is 5.91 Å². The highest BCUT2D eigenvalue weighted by Gasteiger charge is 2.40. The van der Waals surface area contributed by atoms with E-state index < -0.39 is 5.79 Å². The standard InChI is InChI=1S/C15H18FNO3/c16-13-3-1-12(2-4-13)11-14(18)17-7-5-15(6-8-17)19-9-10-20-15/h1-4H,5-11H2. The van der Waals surface area contributed by atoms with E-state index in [0.29, 0.717) is 32.7 Å². The molecule has 1 amide bonds. The monoisotopic (exact) mass is 279 g/mol. The number of piperidine rings is 1. The van der Waals surface area contributed by atoms with Crippen molar-refractivity contribution in [2.75, 3.05) is 26.3 Å². The number of amides is 1. The zero-order chi connectivity index (χ0) is 14.0. The summed E-state index contributed by atoms with van der Waals surface area (Å²) in [5, 5.41) is 0. The highest BCUT2D eigenvalue weighted by molar-refractivity contribution is 5.78. The summed E-state index contributed by atoms with van der Waals surface area (Å²) in [5.41, 5.74) is 0.838. The minimum atomic E-state index is -0.452. The van der Waals surface area contributed by atoms with Crippen LogP contribution in [0, 0.1) is 5.82 Å². The van der Waals surface area contributed by atoms with Crippen molar-refractivity contribution in [1.29, 1.82) is 0 Å². The lowest BCUT2D eigenvalue weighted by molar-refractivity contribution is -0.187. The van der Waals surface area contributed by atoms with Gasteiger partial charge in [0.2, 0.25) is 5.91 Å². The third-order valence-electron chi connectivity index (χ3n) is 3.96. The Morgan fingerprint density at radius 1 is 1.15 bits per heavy atom. The summed E-state index contributed by atoms with van der Waals surface area (Å²) in [6, 6.07) is 6.08. The Bertz CT molecular complexity index is 472. The van der Waals surface area contributed by atoms with Gasteiger partial charge in [-0.2, -0.15) is 0 Å². The molecule has 0 aromatic heterocycles. The van der Waals surface area contributed by atoms with Crippen molar-refractivity contribution in [2.24, 2.45) is 0 Å². The van der Waals surface area contributed by atoms with E-state index in [-0.39, 0.29) is 11.7 Å². The van der Waals surface area contributed by atoms with Gasteiger partial charge in [0, 0.05) is 25.9 Å². The summed E-state index contributed by atoms with van der Waals surface area (Å²) >= 11 is 0. The Kier molecular flexibility index (Phi) is 3.72. The maximum atomic E-state index is 12.8. The lowest BCUT2D eigenvalue weighted by Gasteiger charge is -2.37. The fraction of sp³-hybridized carbons (Fsp3) is 0.533. The Balaban J connectivity index is 1.55. The quantitative estimate of drug-likeness (QED) is 0.827. The number of benzene rings is 1. The molecule has 2 saturated heterocycles. The van der Waals surface area contributed by atoms with Gasteiger partial charge in [-0.05, 0) is 17.7 Å². The summed E-state index contributed by atoms with van der Waals surface area (Å²) in [4.78, 5) is 14.0. The molecular formula is C15H18FNO3. The second kappa shape index (κ2) is 5.50. The smallest absolute Gasteiger partial charge is 0.226 e. The van der Waals surface area contributed by atoms with Gasteiger partial charge in [0.1, 0.15) is 5.82 Å². The fourth-order valence-corrected chi connectivity index (χ4v) is 2.77. The molecule has 2 aliphatic rings. The van der Waals surface area contributed by atoms with Crippen LogP contribution in [0.15, 0.2) is 24.3 Å². The fourth-order valence-electron chi connectivity index (χ4n) is 2.77. The van der Waals surface area contributed by atoms with Crippen molar-refractivity contribution in [3.63, 3.8) is 0 Å².